The average Bonchev–Trinajstić information content (AvgIpc) is 3.07. The van der Waals surface area contributed by atoms with Gasteiger partial charge in [0.05, 0.1) is 12.1 Å². The molecule has 0 aromatic heterocycles. The van der Waals surface area contributed by atoms with Crippen LogP contribution in [0.1, 0.15) is 23.6 Å². The van der Waals surface area contributed by atoms with Crippen LogP contribution >= 0.6 is 11.6 Å². The first-order chi connectivity index (χ1) is 13.5. The molecule has 0 aliphatic carbocycles. The van der Waals surface area contributed by atoms with Gasteiger partial charge >= 0.3 is 5.97 Å². The second-order valence-electron chi connectivity index (χ2n) is 6.02. The number of carbonyl (C=O) groups excluding carboxylic acids is 1. The third-order valence-corrected chi connectivity index (χ3v) is 4.41. The molecule has 0 fully saturated rings. The van der Waals surface area contributed by atoms with Crippen LogP contribution in [-0.4, -0.2) is 25.6 Å². The Hall–Kier alpha value is -3.05. The van der Waals surface area contributed by atoms with E-state index in [1.807, 2.05) is 24.3 Å². The highest BCUT2D eigenvalue weighted by molar-refractivity contribution is 6.32. The molecular formula is C22H20ClNO4. The lowest BCUT2D eigenvalue weighted by Gasteiger charge is -2.12. The Morgan fingerprint density at radius 2 is 2.00 bits per heavy atom. The number of ether oxygens (including phenoxy) is 3. The predicted molar refractivity (Wildman–Crippen MR) is 110 cm³/mol. The maximum atomic E-state index is 12.2. The van der Waals surface area contributed by atoms with Gasteiger partial charge in [0.1, 0.15) is 6.61 Å². The SMILES string of the molecule is C=CCOc1c(Cl)cc(/C=C2\N=C(c3ccc(CC)cc3)OC2=O)cc1OC. The molecule has 2 aromatic carbocycles. The normalized spacial score (nSPS) is 14.6. The zero-order valence-electron chi connectivity index (χ0n) is 15.7. The fraction of sp³-hybridized carbons (Fsp3) is 0.182. The molecule has 0 N–H and O–H groups in total. The van der Waals surface area contributed by atoms with Crippen LogP contribution in [0.5, 0.6) is 11.5 Å². The molecule has 3 rings (SSSR count). The number of aryl methyl sites for hydroxylation is 1. The van der Waals surface area contributed by atoms with E-state index in [9.17, 15) is 4.79 Å². The van der Waals surface area contributed by atoms with E-state index >= 15 is 0 Å². The van der Waals surface area contributed by atoms with Gasteiger partial charge in [0.25, 0.3) is 0 Å². The number of rotatable bonds is 7. The van der Waals surface area contributed by atoms with Gasteiger partial charge in [-0.3, -0.25) is 0 Å². The standard InChI is InChI=1S/C22H20ClNO4/c1-4-10-27-20-17(23)11-15(13-19(20)26-3)12-18-22(25)28-21(24-18)16-8-6-14(5-2)7-9-16/h4,6-9,11-13H,1,5,10H2,2-3H3/b18-12-. The second-order valence-corrected chi connectivity index (χ2v) is 6.43. The first-order valence-corrected chi connectivity index (χ1v) is 9.16. The minimum atomic E-state index is -0.517. The number of hydrogen-bond acceptors (Lipinski definition) is 5. The Labute approximate surface area is 168 Å². The molecule has 1 heterocycles. The predicted octanol–water partition coefficient (Wildman–Crippen LogP) is 4.82. The highest BCUT2D eigenvalue weighted by Crippen LogP contribution is 2.37. The topological polar surface area (TPSA) is 57.1 Å². The smallest absolute Gasteiger partial charge is 0.363 e. The molecule has 0 unspecified atom stereocenters. The lowest BCUT2D eigenvalue weighted by molar-refractivity contribution is -0.129. The summed E-state index contributed by atoms with van der Waals surface area (Å²) in [7, 11) is 1.52. The Balaban J connectivity index is 1.91. The molecule has 0 amide bonds. The first kappa shape index (κ1) is 19.7. The lowest BCUT2D eigenvalue weighted by atomic mass is 10.1. The summed E-state index contributed by atoms with van der Waals surface area (Å²) in [6, 6.07) is 11.1. The van der Waals surface area contributed by atoms with E-state index in [4.69, 9.17) is 25.8 Å². The van der Waals surface area contributed by atoms with Crippen LogP contribution in [0, 0.1) is 0 Å². The van der Waals surface area contributed by atoms with Gasteiger partial charge in [0, 0.05) is 5.56 Å². The van der Waals surface area contributed by atoms with Crippen molar-refractivity contribution in [3.8, 4) is 11.5 Å². The first-order valence-electron chi connectivity index (χ1n) is 8.78. The average molecular weight is 398 g/mol. The summed E-state index contributed by atoms with van der Waals surface area (Å²) in [6.45, 7) is 5.99. The minimum Gasteiger partial charge on any atom is -0.493 e. The maximum Gasteiger partial charge on any atom is 0.363 e. The van der Waals surface area contributed by atoms with Crippen molar-refractivity contribution in [3.63, 3.8) is 0 Å². The molecule has 1 aliphatic rings. The molecule has 28 heavy (non-hydrogen) atoms. The van der Waals surface area contributed by atoms with Gasteiger partial charge in [-0.25, -0.2) is 9.79 Å². The summed E-state index contributed by atoms with van der Waals surface area (Å²) in [5.41, 5.74) is 2.78. The van der Waals surface area contributed by atoms with Crippen molar-refractivity contribution in [1.29, 1.82) is 0 Å². The number of esters is 1. The third kappa shape index (κ3) is 4.26. The fourth-order valence-corrected chi connectivity index (χ4v) is 2.95. The molecular weight excluding hydrogens is 378 g/mol. The van der Waals surface area contributed by atoms with E-state index in [2.05, 4.69) is 18.5 Å². The molecule has 144 valence electrons. The molecule has 0 spiro atoms. The molecule has 0 saturated carbocycles. The Kier molecular flexibility index (Phi) is 6.16. The fourth-order valence-electron chi connectivity index (χ4n) is 2.68. The van der Waals surface area contributed by atoms with E-state index in [1.165, 1.54) is 12.7 Å². The quantitative estimate of drug-likeness (QED) is 0.382. The van der Waals surface area contributed by atoms with Gasteiger partial charge in [-0.2, -0.15) is 0 Å². The molecule has 0 atom stereocenters. The Morgan fingerprint density at radius 3 is 2.64 bits per heavy atom. The molecule has 0 radical (unpaired) electrons. The highest BCUT2D eigenvalue weighted by atomic mass is 35.5. The van der Waals surface area contributed by atoms with Gasteiger partial charge in [0.2, 0.25) is 5.90 Å². The van der Waals surface area contributed by atoms with Crippen molar-refractivity contribution in [1.82, 2.24) is 0 Å². The van der Waals surface area contributed by atoms with E-state index < -0.39 is 5.97 Å². The summed E-state index contributed by atoms with van der Waals surface area (Å²) in [5.74, 6) is 0.631. The van der Waals surface area contributed by atoms with Crippen molar-refractivity contribution >= 4 is 29.5 Å². The van der Waals surface area contributed by atoms with Crippen LogP contribution in [-0.2, 0) is 16.0 Å². The van der Waals surface area contributed by atoms with Gasteiger partial charge in [-0.15, -0.1) is 0 Å². The Morgan fingerprint density at radius 1 is 1.25 bits per heavy atom. The van der Waals surface area contributed by atoms with Crippen molar-refractivity contribution in [2.45, 2.75) is 13.3 Å². The van der Waals surface area contributed by atoms with Crippen LogP contribution in [0.15, 0.2) is 59.7 Å². The molecule has 6 heteroatoms. The number of methoxy groups -OCH3 is 1. The Bertz CT molecular complexity index is 961. The van der Waals surface area contributed by atoms with Crippen LogP contribution < -0.4 is 9.47 Å². The van der Waals surface area contributed by atoms with Gasteiger partial charge < -0.3 is 14.2 Å². The zero-order valence-corrected chi connectivity index (χ0v) is 16.5. The van der Waals surface area contributed by atoms with Crippen LogP contribution in [0.4, 0.5) is 0 Å². The van der Waals surface area contributed by atoms with Crippen molar-refractivity contribution in [2.75, 3.05) is 13.7 Å². The monoisotopic (exact) mass is 397 g/mol. The summed E-state index contributed by atoms with van der Waals surface area (Å²) < 4.78 is 16.2. The van der Waals surface area contributed by atoms with Crippen LogP contribution in [0.25, 0.3) is 6.08 Å². The molecule has 0 saturated heterocycles. The number of hydrogen-bond donors (Lipinski definition) is 0. The van der Waals surface area contributed by atoms with E-state index in [-0.39, 0.29) is 11.6 Å². The summed E-state index contributed by atoms with van der Waals surface area (Å²) in [6.07, 6.45) is 4.15. The van der Waals surface area contributed by atoms with Crippen molar-refractivity contribution in [3.05, 3.63) is 76.5 Å². The summed E-state index contributed by atoms with van der Waals surface area (Å²) in [5, 5.41) is 0.360. The van der Waals surface area contributed by atoms with E-state index in [1.54, 1.807) is 24.3 Å². The van der Waals surface area contributed by atoms with Gasteiger partial charge in [0.15, 0.2) is 17.2 Å². The summed E-state index contributed by atoms with van der Waals surface area (Å²) in [4.78, 5) is 16.6. The number of aliphatic imine (C=N–C) groups is 1. The number of cyclic esters (lactones) is 1. The lowest BCUT2D eigenvalue weighted by Crippen LogP contribution is -2.05. The van der Waals surface area contributed by atoms with Gasteiger partial charge in [-0.05, 0) is 47.9 Å². The van der Waals surface area contributed by atoms with Crippen molar-refractivity contribution < 1.29 is 19.0 Å². The van der Waals surface area contributed by atoms with E-state index in [0.29, 0.717) is 28.7 Å². The number of nitrogens with zero attached hydrogens (tertiary/aromatic N) is 1. The second kappa shape index (κ2) is 8.76. The number of benzene rings is 2. The zero-order chi connectivity index (χ0) is 20.1. The van der Waals surface area contributed by atoms with Crippen molar-refractivity contribution in [2.24, 2.45) is 4.99 Å². The molecule has 0 bridgehead atoms. The molecule has 2 aromatic rings. The molecule has 1 aliphatic heterocycles. The third-order valence-electron chi connectivity index (χ3n) is 4.13. The van der Waals surface area contributed by atoms with Gasteiger partial charge in [-0.1, -0.05) is 43.3 Å². The van der Waals surface area contributed by atoms with Crippen LogP contribution in [0.3, 0.4) is 0 Å². The number of halogens is 1. The van der Waals surface area contributed by atoms with E-state index in [0.717, 1.165) is 12.0 Å². The number of carbonyl (C=O) groups is 1. The largest absolute Gasteiger partial charge is 0.493 e. The van der Waals surface area contributed by atoms with Crippen LogP contribution in [0.2, 0.25) is 5.02 Å². The highest BCUT2D eigenvalue weighted by Gasteiger charge is 2.24. The summed E-state index contributed by atoms with van der Waals surface area (Å²) >= 11 is 6.30. The minimum absolute atomic E-state index is 0.187. The molecule has 5 nitrogen and oxygen atoms in total. The maximum absolute atomic E-state index is 12.2.